The van der Waals surface area contributed by atoms with Gasteiger partial charge in [0.25, 0.3) is 0 Å². The van der Waals surface area contributed by atoms with Gasteiger partial charge in [-0.25, -0.2) is 40.2 Å². The predicted molar refractivity (Wildman–Crippen MR) is 45.1 cm³/mol. The molecule has 0 fully saturated rings. The molecule has 17 heteroatoms. The zero-order chi connectivity index (χ0) is 13.9. The second kappa shape index (κ2) is 67.0. The normalized spacial score (nSPS) is 5.11. The van der Waals surface area contributed by atoms with E-state index >= 15 is 0 Å². The number of hydrogen-bond donors (Lipinski definition) is 3. The summed E-state index contributed by atoms with van der Waals surface area (Å²) in [6, 6.07) is 0. The molecule has 3 N–H and O–H groups in total. The first-order valence-electron chi connectivity index (χ1n) is 2.05. The molecule has 0 aromatic rings. The van der Waals surface area contributed by atoms with Gasteiger partial charge in [-0.05, 0) is 0 Å². The van der Waals surface area contributed by atoms with Gasteiger partial charge in [-0.1, -0.05) is 0 Å². The van der Waals surface area contributed by atoms with Crippen LogP contribution in [-0.4, -0.2) is 27.3 Å². The summed E-state index contributed by atoms with van der Waals surface area (Å²) in [6.45, 7) is 0. The van der Waals surface area contributed by atoms with E-state index in [1.165, 1.54) is 0 Å². The van der Waals surface area contributed by atoms with Gasteiger partial charge in [-0.3, -0.25) is 9.59 Å². The van der Waals surface area contributed by atoms with Gasteiger partial charge in [0.1, 0.15) is 0 Å². The zero-order valence-corrected chi connectivity index (χ0v) is 21.7. The molecule has 0 heterocycles. The quantitative estimate of drug-likeness (QED) is 0.166. The first-order valence-corrected chi connectivity index (χ1v) is 4.54. The Morgan fingerprint density at radius 2 is 0.789 bits per heavy atom. The Kier molecular flexibility index (Phi) is 200. The smallest absolute Gasteiger partial charge is 1.00 e. The van der Waals surface area contributed by atoms with Gasteiger partial charge in [0, 0.05) is 0 Å². The van der Waals surface area contributed by atoms with E-state index in [9.17, 15) is 0 Å². The predicted octanol–water partition coefficient (Wildman–Crippen LogP) is -14.9. The van der Waals surface area contributed by atoms with Crippen LogP contribution in [0, 0.1) is 0 Å². The molecule has 9 nitrogen and oxygen atoms in total. The SMILES string of the molecule is O=CC=O.O=P(O)(O)O.[H-].[Na+].[Na+].[Na+].[Na+].[O-]Cl.[O-]Cl.[O-]Cl. The van der Waals surface area contributed by atoms with Gasteiger partial charge in [-0.15, -0.1) is 0 Å². The Labute approximate surface area is 214 Å². The van der Waals surface area contributed by atoms with Crippen molar-refractivity contribution in [2.45, 2.75) is 0 Å². The van der Waals surface area contributed by atoms with Crippen LogP contribution in [-0.2, 0) is 14.2 Å². The van der Waals surface area contributed by atoms with Gasteiger partial charge in [-0.2, -0.15) is 0 Å². The van der Waals surface area contributed by atoms with Crippen LogP contribution in [0.1, 0.15) is 1.43 Å². The van der Waals surface area contributed by atoms with Crippen molar-refractivity contribution in [1.82, 2.24) is 0 Å². The molecular formula is C2H6Cl3Na4O9P. The van der Waals surface area contributed by atoms with E-state index in [1.807, 2.05) is 0 Å². The van der Waals surface area contributed by atoms with Crippen molar-refractivity contribution in [3.63, 3.8) is 0 Å². The summed E-state index contributed by atoms with van der Waals surface area (Å²) in [7, 11) is -4.64. The maximum atomic E-state index is 8.88. The largest absolute Gasteiger partial charge is 1.00 e. The average Bonchev–Trinajstić information content (AvgIpc) is 2.24. The van der Waals surface area contributed by atoms with E-state index in [4.69, 9.17) is 42.8 Å². The monoisotopic (exact) mass is 402 g/mol. The van der Waals surface area contributed by atoms with Crippen LogP contribution in [0.3, 0.4) is 0 Å². The molecule has 0 saturated carbocycles. The van der Waals surface area contributed by atoms with E-state index in [2.05, 4.69) is 35.6 Å². The second-order valence-corrected chi connectivity index (χ2v) is 1.81. The number of phosphoric acid groups is 1. The molecule has 19 heavy (non-hydrogen) atoms. The molecule has 0 radical (unpaired) electrons. The maximum Gasteiger partial charge on any atom is 1.00 e. The molecule has 0 rings (SSSR count). The van der Waals surface area contributed by atoms with Gasteiger partial charge < -0.3 is 30.1 Å². The third kappa shape index (κ3) is 335. The Morgan fingerprint density at radius 1 is 0.737 bits per heavy atom. The fourth-order valence-electron chi connectivity index (χ4n) is 0. The second-order valence-electron chi connectivity index (χ2n) is 0.785. The minimum absolute atomic E-state index is 0. The van der Waals surface area contributed by atoms with E-state index in [0.29, 0.717) is 0 Å². The van der Waals surface area contributed by atoms with Crippen molar-refractivity contribution in [2.75, 3.05) is 0 Å². The summed E-state index contributed by atoms with van der Waals surface area (Å²) in [4.78, 5) is 39.2. The maximum absolute atomic E-state index is 8.88. The Morgan fingerprint density at radius 3 is 0.789 bits per heavy atom. The summed E-state index contributed by atoms with van der Waals surface area (Å²) in [6.07, 6.45) is 0.389. The van der Waals surface area contributed by atoms with Crippen LogP contribution in [0.2, 0.25) is 0 Å². The van der Waals surface area contributed by atoms with Gasteiger partial charge in [0.2, 0.25) is 0 Å². The van der Waals surface area contributed by atoms with Crippen molar-refractivity contribution < 1.29 is 162 Å². The average molecular weight is 403 g/mol. The van der Waals surface area contributed by atoms with Crippen LogP contribution >= 0.6 is 43.4 Å². The molecule has 98 valence electrons. The fraction of sp³-hybridized carbons (Fsp3) is 0. The molecule has 0 aliphatic heterocycles. The molecule has 0 amide bonds. The van der Waals surface area contributed by atoms with Crippen molar-refractivity contribution in [1.29, 1.82) is 0 Å². The molecule has 0 aliphatic rings. The van der Waals surface area contributed by atoms with E-state index in [-0.39, 0.29) is 132 Å². The van der Waals surface area contributed by atoms with Crippen LogP contribution in [0.15, 0.2) is 0 Å². The van der Waals surface area contributed by atoms with Crippen LogP contribution in [0.4, 0.5) is 0 Å². The van der Waals surface area contributed by atoms with E-state index in [0.717, 1.165) is 0 Å². The van der Waals surface area contributed by atoms with Gasteiger partial charge in [0.15, 0.2) is 12.6 Å². The van der Waals surface area contributed by atoms with E-state index < -0.39 is 7.82 Å². The van der Waals surface area contributed by atoms with Crippen molar-refractivity contribution in [3.05, 3.63) is 0 Å². The number of aldehydes is 2. The van der Waals surface area contributed by atoms with Crippen LogP contribution in [0.25, 0.3) is 0 Å². The summed E-state index contributed by atoms with van der Waals surface area (Å²) in [5, 5.41) is 0. The summed E-state index contributed by atoms with van der Waals surface area (Å²) in [5.74, 6) is 0. The number of hydrogen-bond acceptors (Lipinski definition) is 6. The van der Waals surface area contributed by atoms with E-state index in [1.54, 1.807) is 0 Å². The molecule has 0 saturated heterocycles. The molecule has 0 atom stereocenters. The molecule has 0 aliphatic carbocycles. The third-order valence-electron chi connectivity index (χ3n) is 0.0556. The van der Waals surface area contributed by atoms with Crippen molar-refractivity contribution in [2.24, 2.45) is 0 Å². The number of halogens is 3. The van der Waals surface area contributed by atoms with Crippen LogP contribution in [0.5, 0.6) is 0 Å². The van der Waals surface area contributed by atoms with Gasteiger partial charge >= 0.3 is 126 Å². The molecule has 0 aromatic heterocycles. The number of carbonyl (C=O) groups excluding carboxylic acids is 2. The molecule has 0 unspecified atom stereocenters. The van der Waals surface area contributed by atoms with Crippen LogP contribution < -0.4 is 132 Å². The topological polar surface area (TPSA) is 181 Å². The first-order chi connectivity index (χ1) is 6.91. The minimum atomic E-state index is -4.64. The molecule has 0 bridgehead atoms. The third-order valence-corrected chi connectivity index (χ3v) is 0.0556. The summed E-state index contributed by atoms with van der Waals surface area (Å²) in [5.41, 5.74) is 0. The van der Waals surface area contributed by atoms with Crippen molar-refractivity contribution in [3.8, 4) is 0 Å². The Hall–Kier alpha value is 4.20. The standard InChI is InChI=1S/C2H2O2.3ClO.4Na.H3O4P.H/c3-1-2-4;3*1-2;;;;;1-5(2,3)4;/h1-2H;;;;;;;;(H3,1,2,3,4);/q;3*-1;4*+1;;-1. The minimum Gasteiger partial charge on any atom is -1.00 e. The fourth-order valence-corrected chi connectivity index (χ4v) is 0. The number of carbonyl (C=O) groups is 2. The number of rotatable bonds is 1. The molecule has 0 aromatic carbocycles. The Balaban J connectivity index is -0.00000000776. The molecular weight excluding hydrogens is 397 g/mol. The summed E-state index contributed by atoms with van der Waals surface area (Å²) >= 11 is 10.2. The van der Waals surface area contributed by atoms with Gasteiger partial charge in [0.05, 0.1) is 0 Å². The zero-order valence-electron chi connectivity index (χ0n) is 11.5. The summed E-state index contributed by atoms with van der Waals surface area (Å²) < 4.78 is 32.0. The Bertz CT molecular complexity index is 141. The molecule has 0 spiro atoms. The van der Waals surface area contributed by atoms with Crippen molar-refractivity contribution >= 4 is 56.0 Å². The first kappa shape index (κ1) is 56.7.